The van der Waals surface area contributed by atoms with Crippen molar-refractivity contribution in [1.82, 2.24) is 10.2 Å². The van der Waals surface area contributed by atoms with Crippen molar-refractivity contribution in [2.45, 2.75) is 65.3 Å². The van der Waals surface area contributed by atoms with Gasteiger partial charge in [0.2, 0.25) is 0 Å². The molecule has 21 heavy (non-hydrogen) atoms. The van der Waals surface area contributed by atoms with E-state index in [9.17, 15) is 9.59 Å². The van der Waals surface area contributed by atoms with Crippen LogP contribution in [0.15, 0.2) is 0 Å². The summed E-state index contributed by atoms with van der Waals surface area (Å²) in [5, 5.41) is 11.7. The minimum absolute atomic E-state index is 0.00782. The number of hydrogen-bond acceptors (Lipinski definition) is 2. The second-order valence-corrected chi connectivity index (χ2v) is 6.58. The predicted octanol–water partition coefficient (Wildman–Crippen LogP) is 3.10. The molecule has 0 radical (unpaired) electrons. The third-order valence-electron chi connectivity index (χ3n) is 4.42. The molecule has 0 atom stereocenters. The van der Waals surface area contributed by atoms with Crippen LogP contribution >= 0.6 is 0 Å². The van der Waals surface area contributed by atoms with Gasteiger partial charge in [-0.2, -0.15) is 0 Å². The number of nitrogens with one attached hydrogen (secondary N) is 1. The summed E-state index contributed by atoms with van der Waals surface area (Å²) in [6, 6.07) is -0.129. The van der Waals surface area contributed by atoms with Gasteiger partial charge in [0, 0.05) is 19.1 Å². The van der Waals surface area contributed by atoms with Gasteiger partial charge in [-0.15, -0.1) is 0 Å². The standard InChI is InChI=1S/C16H30N2O3/c1-12(2)18(11-9-15(19)20)16(21)17-10-8-14-6-4-13(3)5-7-14/h12-14H,4-11H2,1-3H3,(H,17,21)(H,19,20). The zero-order valence-electron chi connectivity index (χ0n) is 13.6. The Morgan fingerprint density at radius 2 is 1.86 bits per heavy atom. The molecule has 0 heterocycles. The molecule has 1 rings (SSSR count). The number of carboxylic acid groups (broad SMARTS) is 1. The normalized spacial score (nSPS) is 22.1. The molecule has 0 aromatic heterocycles. The Morgan fingerprint density at radius 1 is 1.24 bits per heavy atom. The largest absolute Gasteiger partial charge is 0.481 e. The number of hydrogen-bond donors (Lipinski definition) is 2. The lowest BCUT2D eigenvalue weighted by Crippen LogP contribution is -2.45. The number of rotatable bonds is 7. The number of nitrogens with zero attached hydrogens (tertiary/aromatic N) is 1. The van der Waals surface area contributed by atoms with Crippen molar-refractivity contribution in [3.63, 3.8) is 0 Å². The Hall–Kier alpha value is -1.26. The van der Waals surface area contributed by atoms with Crippen molar-refractivity contribution in [2.24, 2.45) is 11.8 Å². The average molecular weight is 298 g/mol. The third-order valence-corrected chi connectivity index (χ3v) is 4.42. The lowest BCUT2D eigenvalue weighted by molar-refractivity contribution is -0.137. The van der Waals surface area contributed by atoms with Crippen molar-refractivity contribution in [2.75, 3.05) is 13.1 Å². The Morgan fingerprint density at radius 3 is 2.38 bits per heavy atom. The number of amides is 2. The van der Waals surface area contributed by atoms with Gasteiger partial charge < -0.3 is 15.3 Å². The topological polar surface area (TPSA) is 69.6 Å². The monoisotopic (exact) mass is 298 g/mol. The highest BCUT2D eigenvalue weighted by Gasteiger charge is 2.20. The molecule has 122 valence electrons. The predicted molar refractivity (Wildman–Crippen MR) is 83.2 cm³/mol. The van der Waals surface area contributed by atoms with Gasteiger partial charge in [0.1, 0.15) is 0 Å². The first-order valence-corrected chi connectivity index (χ1v) is 8.16. The molecule has 2 amide bonds. The van der Waals surface area contributed by atoms with Crippen LogP contribution in [-0.4, -0.2) is 41.1 Å². The van der Waals surface area contributed by atoms with E-state index in [1.54, 1.807) is 4.90 Å². The fourth-order valence-corrected chi connectivity index (χ4v) is 2.91. The van der Waals surface area contributed by atoms with Gasteiger partial charge in [0.05, 0.1) is 6.42 Å². The number of carbonyl (C=O) groups is 2. The Kier molecular flexibility index (Phi) is 7.54. The van der Waals surface area contributed by atoms with E-state index in [-0.39, 0.29) is 25.0 Å². The van der Waals surface area contributed by atoms with Crippen molar-refractivity contribution in [3.8, 4) is 0 Å². The molecule has 2 N–H and O–H groups in total. The molecular formula is C16H30N2O3. The fourth-order valence-electron chi connectivity index (χ4n) is 2.91. The highest BCUT2D eigenvalue weighted by molar-refractivity contribution is 5.75. The molecule has 1 aliphatic carbocycles. The summed E-state index contributed by atoms with van der Waals surface area (Å²) in [6.07, 6.45) is 6.16. The van der Waals surface area contributed by atoms with Crippen LogP contribution in [0.4, 0.5) is 4.79 Å². The smallest absolute Gasteiger partial charge is 0.317 e. The van der Waals surface area contributed by atoms with E-state index in [1.165, 1.54) is 25.7 Å². The Balaban J connectivity index is 2.28. The summed E-state index contributed by atoms with van der Waals surface area (Å²) in [6.45, 7) is 7.07. The molecule has 5 nitrogen and oxygen atoms in total. The molecule has 0 aromatic rings. The van der Waals surface area contributed by atoms with Gasteiger partial charge in [-0.05, 0) is 32.1 Å². The zero-order chi connectivity index (χ0) is 15.8. The van der Waals surface area contributed by atoms with Gasteiger partial charge in [-0.3, -0.25) is 4.79 Å². The van der Waals surface area contributed by atoms with E-state index in [4.69, 9.17) is 5.11 Å². The first-order valence-electron chi connectivity index (χ1n) is 8.16. The zero-order valence-corrected chi connectivity index (χ0v) is 13.6. The van der Waals surface area contributed by atoms with Crippen LogP contribution in [0.5, 0.6) is 0 Å². The minimum Gasteiger partial charge on any atom is -0.481 e. The van der Waals surface area contributed by atoms with E-state index in [2.05, 4.69) is 12.2 Å². The summed E-state index contributed by atoms with van der Waals surface area (Å²) >= 11 is 0. The van der Waals surface area contributed by atoms with Crippen LogP contribution in [0, 0.1) is 11.8 Å². The SMILES string of the molecule is CC1CCC(CCNC(=O)N(CCC(=O)O)C(C)C)CC1. The van der Waals surface area contributed by atoms with Crippen LogP contribution < -0.4 is 5.32 Å². The van der Waals surface area contributed by atoms with Crippen molar-refractivity contribution in [3.05, 3.63) is 0 Å². The van der Waals surface area contributed by atoms with Crippen LogP contribution in [0.25, 0.3) is 0 Å². The molecule has 0 bridgehead atoms. The summed E-state index contributed by atoms with van der Waals surface area (Å²) < 4.78 is 0. The summed E-state index contributed by atoms with van der Waals surface area (Å²) in [5.74, 6) is 0.709. The average Bonchev–Trinajstić information content (AvgIpc) is 2.40. The van der Waals surface area contributed by atoms with Gasteiger partial charge >= 0.3 is 12.0 Å². The van der Waals surface area contributed by atoms with E-state index in [1.807, 2.05) is 13.8 Å². The molecular weight excluding hydrogens is 268 g/mol. The summed E-state index contributed by atoms with van der Waals surface area (Å²) in [7, 11) is 0. The minimum atomic E-state index is -0.871. The summed E-state index contributed by atoms with van der Waals surface area (Å²) in [5.41, 5.74) is 0. The van der Waals surface area contributed by atoms with E-state index < -0.39 is 5.97 Å². The molecule has 0 spiro atoms. The van der Waals surface area contributed by atoms with Crippen LogP contribution in [-0.2, 0) is 4.79 Å². The molecule has 0 aromatic carbocycles. The highest BCUT2D eigenvalue weighted by atomic mass is 16.4. The Labute approximate surface area is 128 Å². The van der Waals surface area contributed by atoms with Gasteiger partial charge in [-0.1, -0.05) is 32.6 Å². The first kappa shape index (κ1) is 17.8. The van der Waals surface area contributed by atoms with Gasteiger partial charge in [0.25, 0.3) is 0 Å². The van der Waals surface area contributed by atoms with Crippen LogP contribution in [0.1, 0.15) is 59.3 Å². The molecule has 0 aliphatic heterocycles. The maximum absolute atomic E-state index is 12.1. The van der Waals surface area contributed by atoms with Crippen molar-refractivity contribution >= 4 is 12.0 Å². The maximum Gasteiger partial charge on any atom is 0.317 e. The number of urea groups is 1. The maximum atomic E-state index is 12.1. The van der Waals surface area contributed by atoms with Gasteiger partial charge in [0.15, 0.2) is 0 Å². The molecule has 0 saturated heterocycles. The lowest BCUT2D eigenvalue weighted by atomic mass is 9.81. The number of carbonyl (C=O) groups excluding carboxylic acids is 1. The van der Waals surface area contributed by atoms with Crippen LogP contribution in [0.2, 0.25) is 0 Å². The molecule has 0 unspecified atom stereocenters. The van der Waals surface area contributed by atoms with E-state index in [0.717, 1.165) is 18.3 Å². The summed E-state index contributed by atoms with van der Waals surface area (Å²) in [4.78, 5) is 24.3. The van der Waals surface area contributed by atoms with Gasteiger partial charge in [-0.25, -0.2) is 4.79 Å². The molecule has 5 heteroatoms. The quantitative estimate of drug-likeness (QED) is 0.759. The number of carboxylic acids is 1. The van der Waals surface area contributed by atoms with E-state index >= 15 is 0 Å². The first-order chi connectivity index (χ1) is 9.90. The fraction of sp³-hybridized carbons (Fsp3) is 0.875. The molecule has 1 saturated carbocycles. The Bertz CT molecular complexity index is 336. The lowest BCUT2D eigenvalue weighted by Gasteiger charge is -2.28. The third kappa shape index (κ3) is 6.82. The molecule has 1 aliphatic rings. The van der Waals surface area contributed by atoms with E-state index in [0.29, 0.717) is 6.54 Å². The number of aliphatic carboxylic acids is 1. The molecule has 1 fully saturated rings. The van der Waals surface area contributed by atoms with Crippen molar-refractivity contribution in [1.29, 1.82) is 0 Å². The second kappa shape index (κ2) is 8.90. The highest BCUT2D eigenvalue weighted by Crippen LogP contribution is 2.29. The van der Waals surface area contributed by atoms with Crippen LogP contribution in [0.3, 0.4) is 0 Å². The second-order valence-electron chi connectivity index (χ2n) is 6.58. The van der Waals surface area contributed by atoms with Crippen molar-refractivity contribution < 1.29 is 14.7 Å².